The number of aliphatic hydroxyl groups is 1. The van der Waals surface area contributed by atoms with Crippen LogP contribution in [0.2, 0.25) is 0 Å². The lowest BCUT2D eigenvalue weighted by molar-refractivity contribution is 0.168. The number of benzene rings is 1. The summed E-state index contributed by atoms with van der Waals surface area (Å²) in [6, 6.07) is 3.87. The van der Waals surface area contributed by atoms with E-state index in [1.54, 1.807) is 6.92 Å². The molecule has 3 unspecified atom stereocenters. The minimum Gasteiger partial charge on any atom is -0.393 e. The Bertz CT molecular complexity index is 329. The Labute approximate surface area is 81.4 Å². The Hall–Kier alpha value is -0.960. The van der Waals surface area contributed by atoms with Crippen LogP contribution < -0.4 is 0 Å². The summed E-state index contributed by atoms with van der Waals surface area (Å²) < 4.78 is 26.5. The van der Waals surface area contributed by atoms with Crippen LogP contribution in [0.1, 0.15) is 24.8 Å². The first-order valence-corrected chi connectivity index (χ1v) is 4.73. The molecule has 3 atom stereocenters. The van der Waals surface area contributed by atoms with Crippen LogP contribution in [0, 0.1) is 17.6 Å². The van der Waals surface area contributed by atoms with Gasteiger partial charge in [-0.3, -0.25) is 0 Å². The highest BCUT2D eigenvalue weighted by Crippen LogP contribution is 2.50. The van der Waals surface area contributed by atoms with E-state index in [-0.39, 0.29) is 17.4 Å². The first-order valence-electron chi connectivity index (χ1n) is 4.73. The maximum Gasteiger partial charge on any atom is 0.129 e. The fourth-order valence-electron chi connectivity index (χ4n) is 1.94. The van der Waals surface area contributed by atoms with Gasteiger partial charge in [-0.1, -0.05) is 6.07 Å². The Kier molecular flexibility index (Phi) is 2.27. The molecule has 1 aromatic rings. The van der Waals surface area contributed by atoms with Crippen LogP contribution in [-0.2, 0) is 0 Å². The molecule has 1 aromatic carbocycles. The van der Waals surface area contributed by atoms with Crippen LogP contribution in [0.15, 0.2) is 18.2 Å². The molecule has 1 nitrogen and oxygen atoms in total. The van der Waals surface area contributed by atoms with Gasteiger partial charge in [0.25, 0.3) is 0 Å². The van der Waals surface area contributed by atoms with Gasteiger partial charge < -0.3 is 5.11 Å². The van der Waals surface area contributed by atoms with Crippen molar-refractivity contribution in [3.8, 4) is 0 Å². The molecular formula is C11H12F2O. The van der Waals surface area contributed by atoms with Crippen molar-refractivity contribution in [2.24, 2.45) is 5.92 Å². The molecular weight excluding hydrogens is 186 g/mol. The molecule has 0 saturated heterocycles. The van der Waals surface area contributed by atoms with Gasteiger partial charge in [-0.05, 0) is 37.3 Å². The van der Waals surface area contributed by atoms with Crippen LogP contribution in [-0.4, -0.2) is 11.2 Å². The highest BCUT2D eigenvalue weighted by Gasteiger charge is 2.44. The van der Waals surface area contributed by atoms with E-state index in [9.17, 15) is 13.9 Å². The zero-order valence-electron chi connectivity index (χ0n) is 7.87. The van der Waals surface area contributed by atoms with Gasteiger partial charge in [-0.15, -0.1) is 0 Å². The van der Waals surface area contributed by atoms with E-state index in [0.717, 1.165) is 0 Å². The fraction of sp³-hybridized carbons (Fsp3) is 0.455. The van der Waals surface area contributed by atoms with E-state index in [2.05, 4.69) is 0 Å². The minimum atomic E-state index is -0.502. The smallest absolute Gasteiger partial charge is 0.129 e. The van der Waals surface area contributed by atoms with Crippen molar-refractivity contribution in [3.63, 3.8) is 0 Å². The fourth-order valence-corrected chi connectivity index (χ4v) is 1.94. The van der Waals surface area contributed by atoms with Crippen molar-refractivity contribution in [2.45, 2.75) is 25.4 Å². The van der Waals surface area contributed by atoms with Crippen molar-refractivity contribution >= 4 is 0 Å². The van der Waals surface area contributed by atoms with Crippen LogP contribution in [0.25, 0.3) is 0 Å². The van der Waals surface area contributed by atoms with Crippen molar-refractivity contribution in [1.82, 2.24) is 0 Å². The van der Waals surface area contributed by atoms with E-state index >= 15 is 0 Å². The molecule has 1 N–H and O–H groups in total. The summed E-state index contributed by atoms with van der Waals surface area (Å²) >= 11 is 0. The Balaban J connectivity index is 2.26. The van der Waals surface area contributed by atoms with Gasteiger partial charge in [0.15, 0.2) is 0 Å². The molecule has 0 amide bonds. The van der Waals surface area contributed by atoms with Crippen LogP contribution in [0.5, 0.6) is 0 Å². The number of aliphatic hydroxyl groups excluding tert-OH is 1. The summed E-state index contributed by atoms with van der Waals surface area (Å²) in [6.07, 6.45) is 0.189. The van der Waals surface area contributed by atoms with E-state index in [0.29, 0.717) is 6.42 Å². The van der Waals surface area contributed by atoms with Gasteiger partial charge in [0.05, 0.1) is 6.10 Å². The average molecular weight is 198 g/mol. The third-order valence-electron chi connectivity index (χ3n) is 2.83. The lowest BCUT2D eigenvalue weighted by Crippen LogP contribution is -2.05. The number of hydrogen-bond acceptors (Lipinski definition) is 1. The highest BCUT2D eigenvalue weighted by atomic mass is 19.1. The maximum absolute atomic E-state index is 13.3. The zero-order valence-corrected chi connectivity index (χ0v) is 7.87. The van der Waals surface area contributed by atoms with E-state index < -0.39 is 17.7 Å². The van der Waals surface area contributed by atoms with Gasteiger partial charge in [0.1, 0.15) is 11.6 Å². The molecule has 1 aliphatic rings. The summed E-state index contributed by atoms with van der Waals surface area (Å²) in [5, 5.41) is 9.26. The second kappa shape index (κ2) is 3.31. The van der Waals surface area contributed by atoms with Gasteiger partial charge in [0, 0.05) is 5.56 Å². The van der Waals surface area contributed by atoms with Gasteiger partial charge in [-0.2, -0.15) is 0 Å². The average Bonchev–Trinajstić information content (AvgIpc) is 2.83. The minimum absolute atomic E-state index is 0.0152. The largest absolute Gasteiger partial charge is 0.393 e. The van der Waals surface area contributed by atoms with Gasteiger partial charge in [0.2, 0.25) is 0 Å². The SMILES string of the molecule is CC(O)C1CC1c1c(F)cccc1F. The molecule has 0 radical (unpaired) electrons. The van der Waals surface area contributed by atoms with E-state index in [4.69, 9.17) is 0 Å². The van der Waals surface area contributed by atoms with Crippen molar-refractivity contribution < 1.29 is 13.9 Å². The first kappa shape index (κ1) is 9.59. The summed E-state index contributed by atoms with van der Waals surface area (Å²) in [6.45, 7) is 1.66. The number of halogens is 2. The molecule has 0 spiro atoms. The molecule has 0 heterocycles. The predicted octanol–water partition coefficient (Wildman–Crippen LogP) is 2.45. The molecule has 1 saturated carbocycles. The molecule has 14 heavy (non-hydrogen) atoms. The highest BCUT2D eigenvalue weighted by molar-refractivity contribution is 5.29. The summed E-state index contributed by atoms with van der Waals surface area (Å²) in [5.41, 5.74) is 0.137. The first-order chi connectivity index (χ1) is 6.61. The molecule has 0 bridgehead atoms. The van der Waals surface area contributed by atoms with Crippen LogP contribution in [0.3, 0.4) is 0 Å². The summed E-state index contributed by atoms with van der Waals surface area (Å²) in [7, 11) is 0. The molecule has 1 fully saturated rings. The molecule has 76 valence electrons. The van der Waals surface area contributed by atoms with E-state index in [1.807, 2.05) is 0 Å². The predicted molar refractivity (Wildman–Crippen MR) is 48.9 cm³/mol. The van der Waals surface area contributed by atoms with Crippen LogP contribution in [0.4, 0.5) is 8.78 Å². The molecule has 0 aromatic heterocycles. The van der Waals surface area contributed by atoms with Crippen molar-refractivity contribution in [1.29, 1.82) is 0 Å². The van der Waals surface area contributed by atoms with Gasteiger partial charge in [-0.25, -0.2) is 8.78 Å². The number of rotatable bonds is 2. The summed E-state index contributed by atoms with van der Waals surface area (Å²) in [5.74, 6) is -1.13. The Morgan fingerprint density at radius 2 is 1.93 bits per heavy atom. The zero-order chi connectivity index (χ0) is 10.3. The topological polar surface area (TPSA) is 20.2 Å². The number of hydrogen-bond donors (Lipinski definition) is 1. The third-order valence-corrected chi connectivity index (χ3v) is 2.83. The Morgan fingerprint density at radius 1 is 1.36 bits per heavy atom. The second-order valence-electron chi connectivity index (χ2n) is 3.88. The molecule has 0 aliphatic heterocycles. The van der Waals surface area contributed by atoms with Crippen LogP contribution >= 0.6 is 0 Å². The Morgan fingerprint density at radius 3 is 2.36 bits per heavy atom. The van der Waals surface area contributed by atoms with Gasteiger partial charge >= 0.3 is 0 Å². The second-order valence-corrected chi connectivity index (χ2v) is 3.88. The normalized spacial score (nSPS) is 27.4. The van der Waals surface area contributed by atoms with Crippen molar-refractivity contribution in [3.05, 3.63) is 35.4 Å². The van der Waals surface area contributed by atoms with E-state index in [1.165, 1.54) is 18.2 Å². The van der Waals surface area contributed by atoms with Crippen molar-refractivity contribution in [2.75, 3.05) is 0 Å². The molecule has 3 heteroatoms. The standard InChI is InChI=1S/C11H12F2O/c1-6(14)7-5-8(7)11-9(12)3-2-4-10(11)13/h2-4,6-8,14H,5H2,1H3. The lowest BCUT2D eigenvalue weighted by Gasteiger charge is -2.05. The third kappa shape index (κ3) is 1.52. The monoisotopic (exact) mass is 198 g/mol. The summed E-state index contributed by atoms with van der Waals surface area (Å²) in [4.78, 5) is 0. The lowest BCUT2D eigenvalue weighted by atomic mass is 10.1. The quantitative estimate of drug-likeness (QED) is 0.773. The molecule has 1 aliphatic carbocycles. The molecule has 2 rings (SSSR count). The maximum atomic E-state index is 13.3.